The van der Waals surface area contributed by atoms with Gasteiger partial charge in [-0.15, -0.1) is 0 Å². The highest BCUT2D eigenvalue weighted by Crippen LogP contribution is 2.11. The Morgan fingerprint density at radius 2 is 2.24 bits per heavy atom. The minimum absolute atomic E-state index is 0.294. The Bertz CT molecular complexity index is 350. The highest BCUT2D eigenvalue weighted by molar-refractivity contribution is 5.74. The van der Waals surface area contributed by atoms with Gasteiger partial charge in [-0.2, -0.15) is 13.2 Å². The van der Waals surface area contributed by atoms with Crippen LogP contribution >= 0.6 is 0 Å². The zero-order valence-electron chi connectivity index (χ0n) is 9.16. The van der Waals surface area contributed by atoms with Crippen LogP contribution in [0.5, 0.6) is 0 Å². The third kappa shape index (κ3) is 5.79. The van der Waals surface area contributed by atoms with Gasteiger partial charge in [0, 0.05) is 25.0 Å². The van der Waals surface area contributed by atoms with Crippen molar-refractivity contribution in [2.24, 2.45) is 0 Å². The molecule has 1 heterocycles. The molecule has 1 aromatic rings. The fraction of sp³-hybridized carbons (Fsp3) is 0.556. The number of nitrogens with zero attached hydrogens (tertiary/aromatic N) is 2. The molecule has 2 amide bonds. The van der Waals surface area contributed by atoms with E-state index in [9.17, 15) is 18.0 Å². The average Bonchev–Trinajstić information content (AvgIpc) is 2.66. The van der Waals surface area contributed by atoms with Crippen molar-refractivity contribution in [3.63, 3.8) is 0 Å². The fourth-order valence-corrected chi connectivity index (χ4v) is 1.21. The molecule has 8 heteroatoms. The maximum atomic E-state index is 11.8. The normalized spacial score (nSPS) is 13.2. The topological polar surface area (TPSA) is 59.0 Å². The quantitative estimate of drug-likeness (QED) is 0.841. The van der Waals surface area contributed by atoms with Crippen LogP contribution in [0.25, 0.3) is 0 Å². The van der Waals surface area contributed by atoms with Gasteiger partial charge in [-0.1, -0.05) is 0 Å². The molecule has 0 spiro atoms. The zero-order valence-corrected chi connectivity index (χ0v) is 9.16. The second-order valence-corrected chi connectivity index (χ2v) is 3.60. The Labute approximate surface area is 96.0 Å². The van der Waals surface area contributed by atoms with E-state index in [1.807, 2.05) is 0 Å². The molecule has 0 bridgehead atoms. The molecule has 1 aromatic heterocycles. The first-order valence-electron chi connectivity index (χ1n) is 4.93. The minimum atomic E-state index is -4.40. The van der Waals surface area contributed by atoms with Crippen LogP contribution in [0.4, 0.5) is 18.0 Å². The number of amides is 2. The Kier molecular flexibility index (Phi) is 4.36. The van der Waals surface area contributed by atoms with Gasteiger partial charge in [-0.05, 0) is 6.92 Å². The number of nitrogens with one attached hydrogen (secondary N) is 2. The van der Waals surface area contributed by atoms with E-state index in [4.69, 9.17) is 0 Å². The third-order valence-electron chi connectivity index (χ3n) is 1.87. The number of aromatic nitrogens is 2. The van der Waals surface area contributed by atoms with E-state index in [0.717, 1.165) is 0 Å². The largest absolute Gasteiger partial charge is 0.405 e. The molecule has 96 valence electrons. The Balaban J connectivity index is 2.26. The van der Waals surface area contributed by atoms with Gasteiger partial charge in [0.1, 0.15) is 6.54 Å². The number of hydrogen-bond donors (Lipinski definition) is 2. The number of carbonyl (C=O) groups is 1. The monoisotopic (exact) mass is 250 g/mol. The van der Waals surface area contributed by atoms with E-state index in [1.54, 1.807) is 35.5 Å². The summed E-state index contributed by atoms with van der Waals surface area (Å²) < 4.78 is 37.1. The van der Waals surface area contributed by atoms with Crippen LogP contribution in [0.2, 0.25) is 0 Å². The zero-order chi connectivity index (χ0) is 12.9. The molecule has 0 fully saturated rings. The molecular formula is C9H13F3N4O. The van der Waals surface area contributed by atoms with Gasteiger partial charge in [0.15, 0.2) is 0 Å². The average molecular weight is 250 g/mol. The predicted octanol–water partition coefficient (Wildman–Crippen LogP) is 1.13. The minimum Gasteiger partial charge on any atom is -0.335 e. The molecule has 2 N–H and O–H groups in total. The van der Waals surface area contributed by atoms with Crippen molar-refractivity contribution in [2.45, 2.75) is 25.7 Å². The standard InChI is InChI=1S/C9H13F3N4O/c1-7(4-16-3-2-13-6-16)15-8(17)14-5-9(10,11)12/h2-3,6-7H,4-5H2,1H3,(H2,14,15,17). The van der Waals surface area contributed by atoms with Crippen molar-refractivity contribution in [2.75, 3.05) is 6.54 Å². The van der Waals surface area contributed by atoms with Crippen molar-refractivity contribution < 1.29 is 18.0 Å². The molecule has 0 saturated carbocycles. The number of carbonyl (C=O) groups excluding carboxylic acids is 1. The van der Waals surface area contributed by atoms with Crippen LogP contribution < -0.4 is 10.6 Å². The van der Waals surface area contributed by atoms with Gasteiger partial charge in [0.05, 0.1) is 6.33 Å². The number of imidazole rings is 1. The van der Waals surface area contributed by atoms with E-state index in [2.05, 4.69) is 10.3 Å². The number of alkyl halides is 3. The second-order valence-electron chi connectivity index (χ2n) is 3.60. The molecule has 0 aliphatic carbocycles. The van der Waals surface area contributed by atoms with Crippen LogP contribution in [0.1, 0.15) is 6.92 Å². The first kappa shape index (κ1) is 13.3. The highest BCUT2D eigenvalue weighted by Gasteiger charge is 2.27. The molecule has 1 rings (SSSR count). The summed E-state index contributed by atoms with van der Waals surface area (Å²) in [5.41, 5.74) is 0. The molecule has 0 aliphatic heterocycles. The maximum absolute atomic E-state index is 11.8. The maximum Gasteiger partial charge on any atom is 0.405 e. The molecule has 1 unspecified atom stereocenters. The van der Waals surface area contributed by atoms with Crippen molar-refractivity contribution in [1.82, 2.24) is 20.2 Å². The lowest BCUT2D eigenvalue weighted by molar-refractivity contribution is -0.122. The van der Waals surface area contributed by atoms with Crippen LogP contribution in [0, 0.1) is 0 Å². The third-order valence-corrected chi connectivity index (χ3v) is 1.87. The van der Waals surface area contributed by atoms with Crippen molar-refractivity contribution >= 4 is 6.03 Å². The van der Waals surface area contributed by atoms with Gasteiger partial charge >= 0.3 is 12.2 Å². The van der Waals surface area contributed by atoms with E-state index < -0.39 is 18.8 Å². The van der Waals surface area contributed by atoms with Crippen molar-refractivity contribution in [3.05, 3.63) is 18.7 Å². The summed E-state index contributed by atoms with van der Waals surface area (Å²) in [5, 5.41) is 4.13. The lowest BCUT2D eigenvalue weighted by Crippen LogP contribution is -2.45. The Hall–Kier alpha value is -1.73. The van der Waals surface area contributed by atoms with Crippen molar-refractivity contribution in [1.29, 1.82) is 0 Å². The lowest BCUT2D eigenvalue weighted by atomic mass is 10.3. The van der Waals surface area contributed by atoms with Gasteiger partial charge in [0.2, 0.25) is 0 Å². The Morgan fingerprint density at radius 1 is 1.53 bits per heavy atom. The molecule has 1 atom stereocenters. The summed E-state index contributed by atoms with van der Waals surface area (Å²) in [7, 11) is 0. The fourth-order valence-electron chi connectivity index (χ4n) is 1.21. The van der Waals surface area contributed by atoms with Crippen LogP contribution in [-0.2, 0) is 6.54 Å². The first-order chi connectivity index (χ1) is 7.87. The van der Waals surface area contributed by atoms with Crippen molar-refractivity contribution in [3.8, 4) is 0 Å². The van der Waals surface area contributed by atoms with Crippen LogP contribution in [0.15, 0.2) is 18.7 Å². The smallest absolute Gasteiger partial charge is 0.335 e. The summed E-state index contributed by atoms with van der Waals surface area (Å²) in [6.07, 6.45) is 0.443. The number of halogens is 3. The second kappa shape index (κ2) is 5.55. The molecule has 17 heavy (non-hydrogen) atoms. The van der Waals surface area contributed by atoms with Gasteiger partial charge < -0.3 is 15.2 Å². The summed E-state index contributed by atoms with van der Waals surface area (Å²) in [5.74, 6) is 0. The van der Waals surface area contributed by atoms with E-state index in [0.29, 0.717) is 6.54 Å². The number of urea groups is 1. The molecule has 0 aromatic carbocycles. The van der Waals surface area contributed by atoms with E-state index >= 15 is 0 Å². The summed E-state index contributed by atoms with van der Waals surface area (Å²) in [6.45, 7) is 0.795. The summed E-state index contributed by atoms with van der Waals surface area (Å²) in [6, 6.07) is -1.13. The summed E-state index contributed by atoms with van der Waals surface area (Å²) >= 11 is 0. The van der Waals surface area contributed by atoms with E-state index in [-0.39, 0.29) is 6.04 Å². The number of hydrogen-bond acceptors (Lipinski definition) is 2. The van der Waals surface area contributed by atoms with Crippen LogP contribution in [-0.4, -0.2) is 34.3 Å². The molecule has 5 nitrogen and oxygen atoms in total. The molecular weight excluding hydrogens is 237 g/mol. The Morgan fingerprint density at radius 3 is 2.76 bits per heavy atom. The summed E-state index contributed by atoms with van der Waals surface area (Å²) in [4.78, 5) is 14.9. The van der Waals surface area contributed by atoms with Crippen LogP contribution in [0.3, 0.4) is 0 Å². The van der Waals surface area contributed by atoms with Gasteiger partial charge in [-0.25, -0.2) is 9.78 Å². The van der Waals surface area contributed by atoms with Gasteiger partial charge in [0.25, 0.3) is 0 Å². The molecule has 0 saturated heterocycles. The van der Waals surface area contributed by atoms with Gasteiger partial charge in [-0.3, -0.25) is 0 Å². The number of rotatable bonds is 4. The molecule has 0 aliphatic rings. The predicted molar refractivity (Wildman–Crippen MR) is 54.3 cm³/mol. The SMILES string of the molecule is CC(Cn1ccnc1)NC(=O)NCC(F)(F)F. The first-order valence-corrected chi connectivity index (χ1v) is 4.93. The van der Waals surface area contributed by atoms with E-state index in [1.165, 1.54) is 0 Å². The highest BCUT2D eigenvalue weighted by atomic mass is 19.4. The lowest BCUT2D eigenvalue weighted by Gasteiger charge is -2.15. The molecule has 0 radical (unpaired) electrons.